The number of carbonyl (C=O) groups excluding carboxylic acids is 3. The maximum Gasteiger partial charge on any atom is 0.341 e. The van der Waals surface area contributed by atoms with Gasteiger partial charge in [-0.1, -0.05) is 12.1 Å². The number of ether oxygens (including phenoxy) is 1. The number of thiophene rings is 1. The number of hydrogen-bond acceptors (Lipinski definition) is 5. The number of esters is 1. The minimum atomic E-state index is -0.676. The van der Waals surface area contributed by atoms with Crippen molar-refractivity contribution in [2.45, 2.75) is 33.7 Å². The van der Waals surface area contributed by atoms with Gasteiger partial charge in [-0.2, -0.15) is 0 Å². The summed E-state index contributed by atoms with van der Waals surface area (Å²) in [5.74, 6) is -1.81. The topological polar surface area (TPSA) is 84.5 Å². The standard InChI is InChI=1S/C19H21FN2O4S/c1-10-12(3)27-18(22-13(4)23)17(10)19(25)26-9-16(24)21-11(2)14-5-7-15(20)8-6-14/h5-8,11H,9H2,1-4H3,(H,21,24)(H,22,23). The highest BCUT2D eigenvalue weighted by Crippen LogP contribution is 2.32. The van der Waals surface area contributed by atoms with Crippen molar-refractivity contribution < 1.29 is 23.5 Å². The second-order valence-corrected chi connectivity index (χ2v) is 7.31. The Balaban J connectivity index is 1.98. The zero-order chi connectivity index (χ0) is 20.1. The van der Waals surface area contributed by atoms with Crippen LogP contribution in [0, 0.1) is 19.7 Å². The lowest BCUT2D eigenvalue weighted by Gasteiger charge is -2.14. The number of carbonyl (C=O) groups is 3. The summed E-state index contributed by atoms with van der Waals surface area (Å²) in [5.41, 5.74) is 1.69. The van der Waals surface area contributed by atoms with Crippen LogP contribution in [0.4, 0.5) is 9.39 Å². The number of rotatable bonds is 6. The first-order valence-corrected chi connectivity index (χ1v) is 9.10. The Morgan fingerprint density at radius 3 is 2.41 bits per heavy atom. The lowest BCUT2D eigenvalue weighted by atomic mass is 10.1. The molecular formula is C19H21FN2O4S. The summed E-state index contributed by atoms with van der Waals surface area (Å²) < 4.78 is 18.1. The van der Waals surface area contributed by atoms with Crippen LogP contribution in [0.25, 0.3) is 0 Å². The van der Waals surface area contributed by atoms with Crippen LogP contribution >= 0.6 is 11.3 Å². The van der Waals surface area contributed by atoms with Gasteiger partial charge in [0.1, 0.15) is 10.8 Å². The van der Waals surface area contributed by atoms with Gasteiger partial charge in [-0.05, 0) is 44.0 Å². The van der Waals surface area contributed by atoms with Gasteiger partial charge in [0.05, 0.1) is 11.6 Å². The van der Waals surface area contributed by atoms with E-state index >= 15 is 0 Å². The third kappa shape index (κ3) is 5.37. The van der Waals surface area contributed by atoms with E-state index in [0.29, 0.717) is 10.6 Å². The molecule has 0 aliphatic carbocycles. The fourth-order valence-electron chi connectivity index (χ4n) is 2.44. The van der Waals surface area contributed by atoms with Crippen molar-refractivity contribution >= 4 is 34.1 Å². The third-order valence-electron chi connectivity index (χ3n) is 3.96. The van der Waals surface area contributed by atoms with Crippen LogP contribution in [-0.2, 0) is 14.3 Å². The van der Waals surface area contributed by atoms with Crippen molar-refractivity contribution in [3.63, 3.8) is 0 Å². The van der Waals surface area contributed by atoms with Crippen molar-refractivity contribution in [1.82, 2.24) is 5.32 Å². The molecule has 0 aliphatic rings. The number of amides is 2. The second-order valence-electron chi connectivity index (χ2n) is 6.09. The summed E-state index contributed by atoms with van der Waals surface area (Å²) in [6, 6.07) is 5.40. The molecule has 6 nitrogen and oxygen atoms in total. The van der Waals surface area contributed by atoms with Crippen molar-refractivity contribution in [2.24, 2.45) is 0 Å². The highest BCUT2D eigenvalue weighted by Gasteiger charge is 2.22. The van der Waals surface area contributed by atoms with Crippen LogP contribution in [0.5, 0.6) is 0 Å². The summed E-state index contributed by atoms with van der Waals surface area (Å²) in [5, 5.41) is 5.70. The lowest BCUT2D eigenvalue weighted by molar-refractivity contribution is -0.124. The van der Waals surface area contributed by atoms with Gasteiger partial charge in [-0.3, -0.25) is 9.59 Å². The van der Waals surface area contributed by atoms with Crippen molar-refractivity contribution in [2.75, 3.05) is 11.9 Å². The predicted molar refractivity (Wildman–Crippen MR) is 101 cm³/mol. The van der Waals surface area contributed by atoms with E-state index in [1.165, 1.54) is 30.4 Å². The van der Waals surface area contributed by atoms with E-state index in [1.54, 1.807) is 26.0 Å². The minimum Gasteiger partial charge on any atom is -0.452 e. The van der Waals surface area contributed by atoms with Crippen molar-refractivity contribution in [3.05, 3.63) is 51.7 Å². The van der Waals surface area contributed by atoms with E-state index in [9.17, 15) is 18.8 Å². The zero-order valence-electron chi connectivity index (χ0n) is 15.5. The first-order valence-electron chi connectivity index (χ1n) is 8.28. The van der Waals surface area contributed by atoms with E-state index in [1.807, 2.05) is 6.92 Å². The Kier molecular flexibility index (Phi) is 6.68. The average Bonchev–Trinajstić information content (AvgIpc) is 2.86. The normalized spacial score (nSPS) is 11.6. The highest BCUT2D eigenvalue weighted by molar-refractivity contribution is 7.16. The van der Waals surface area contributed by atoms with Crippen LogP contribution < -0.4 is 10.6 Å². The second kappa shape index (κ2) is 8.77. The molecule has 0 aliphatic heterocycles. The Morgan fingerprint density at radius 1 is 1.19 bits per heavy atom. The summed E-state index contributed by atoms with van der Waals surface area (Å²) in [4.78, 5) is 36.6. The Morgan fingerprint density at radius 2 is 1.81 bits per heavy atom. The molecule has 0 spiro atoms. The first kappa shape index (κ1) is 20.6. The van der Waals surface area contributed by atoms with Gasteiger partial charge in [0.2, 0.25) is 5.91 Å². The summed E-state index contributed by atoms with van der Waals surface area (Å²) in [7, 11) is 0. The molecule has 0 fully saturated rings. The highest BCUT2D eigenvalue weighted by atomic mass is 32.1. The molecule has 1 aromatic heterocycles. The first-order chi connectivity index (χ1) is 12.7. The van der Waals surface area contributed by atoms with Gasteiger partial charge in [-0.15, -0.1) is 11.3 Å². The van der Waals surface area contributed by atoms with E-state index in [2.05, 4.69) is 10.6 Å². The molecule has 0 radical (unpaired) electrons. The molecule has 0 saturated heterocycles. The maximum absolute atomic E-state index is 13.0. The molecule has 8 heteroatoms. The molecule has 27 heavy (non-hydrogen) atoms. The molecular weight excluding hydrogens is 371 g/mol. The number of nitrogens with one attached hydrogen (secondary N) is 2. The number of halogens is 1. The van der Waals surface area contributed by atoms with Gasteiger partial charge >= 0.3 is 5.97 Å². The molecule has 144 valence electrons. The van der Waals surface area contributed by atoms with E-state index in [0.717, 1.165) is 10.4 Å². The fraction of sp³-hybridized carbons (Fsp3) is 0.316. The van der Waals surface area contributed by atoms with Gasteiger partial charge in [0.15, 0.2) is 6.61 Å². The quantitative estimate of drug-likeness (QED) is 0.737. The number of hydrogen-bond donors (Lipinski definition) is 2. The molecule has 1 atom stereocenters. The summed E-state index contributed by atoms with van der Waals surface area (Å²) >= 11 is 1.28. The Bertz CT molecular complexity index is 861. The molecule has 1 unspecified atom stereocenters. The van der Waals surface area contributed by atoms with Gasteiger partial charge in [-0.25, -0.2) is 9.18 Å². The fourth-order valence-corrected chi connectivity index (χ4v) is 3.54. The maximum atomic E-state index is 13.0. The van der Waals surface area contributed by atoms with Crippen LogP contribution in [0.3, 0.4) is 0 Å². The van der Waals surface area contributed by atoms with Gasteiger partial charge < -0.3 is 15.4 Å². The number of benzene rings is 1. The Labute approximate surface area is 160 Å². The van der Waals surface area contributed by atoms with Gasteiger partial charge in [0.25, 0.3) is 5.91 Å². The third-order valence-corrected chi connectivity index (χ3v) is 5.08. The number of aryl methyl sites for hydroxylation is 1. The molecule has 2 N–H and O–H groups in total. The summed E-state index contributed by atoms with van der Waals surface area (Å²) in [6.07, 6.45) is 0. The lowest BCUT2D eigenvalue weighted by Crippen LogP contribution is -2.31. The van der Waals surface area contributed by atoms with Crippen molar-refractivity contribution in [3.8, 4) is 0 Å². The molecule has 1 heterocycles. The molecule has 0 saturated carbocycles. The van der Waals surface area contributed by atoms with E-state index in [-0.39, 0.29) is 23.3 Å². The molecule has 2 amide bonds. The molecule has 1 aromatic carbocycles. The summed E-state index contributed by atoms with van der Waals surface area (Å²) in [6.45, 7) is 6.22. The number of anilines is 1. The Hall–Kier alpha value is -2.74. The smallest absolute Gasteiger partial charge is 0.341 e. The van der Waals surface area contributed by atoms with Crippen LogP contribution in [-0.4, -0.2) is 24.4 Å². The van der Waals surface area contributed by atoms with Gasteiger partial charge in [0, 0.05) is 11.8 Å². The monoisotopic (exact) mass is 392 g/mol. The zero-order valence-corrected chi connectivity index (χ0v) is 16.3. The van der Waals surface area contributed by atoms with E-state index in [4.69, 9.17) is 4.74 Å². The van der Waals surface area contributed by atoms with Crippen molar-refractivity contribution in [1.29, 1.82) is 0 Å². The minimum absolute atomic E-state index is 0.257. The SMILES string of the molecule is CC(=O)Nc1sc(C)c(C)c1C(=O)OCC(=O)NC(C)c1ccc(F)cc1. The predicted octanol–water partition coefficient (Wildman–Crippen LogP) is 3.50. The van der Waals surface area contributed by atoms with E-state index < -0.39 is 18.5 Å². The average molecular weight is 392 g/mol. The molecule has 2 aromatic rings. The molecule has 0 bridgehead atoms. The van der Waals surface area contributed by atoms with Crippen LogP contribution in [0.2, 0.25) is 0 Å². The van der Waals surface area contributed by atoms with Crippen LogP contribution in [0.15, 0.2) is 24.3 Å². The molecule has 2 rings (SSSR count). The van der Waals surface area contributed by atoms with Crippen LogP contribution in [0.1, 0.15) is 46.3 Å². The largest absolute Gasteiger partial charge is 0.452 e.